The average Bonchev–Trinajstić information content (AvgIpc) is 2.92. The van der Waals surface area contributed by atoms with E-state index in [0.29, 0.717) is 17.9 Å². The summed E-state index contributed by atoms with van der Waals surface area (Å²) >= 11 is 0. The van der Waals surface area contributed by atoms with Crippen molar-refractivity contribution in [3.05, 3.63) is 53.2 Å². The number of rotatable bonds is 5. The van der Waals surface area contributed by atoms with Crippen LogP contribution in [0.5, 0.6) is 11.5 Å². The molecule has 0 aliphatic carbocycles. The van der Waals surface area contributed by atoms with Gasteiger partial charge < -0.3 is 19.8 Å². The van der Waals surface area contributed by atoms with E-state index in [-0.39, 0.29) is 5.91 Å². The normalized spacial score (nSPS) is 10.7. The second kappa shape index (κ2) is 6.89. The van der Waals surface area contributed by atoms with Gasteiger partial charge in [0, 0.05) is 28.4 Å². The highest BCUT2D eigenvalue weighted by Gasteiger charge is 2.15. The molecule has 2 N–H and O–H groups in total. The molecular weight excluding hydrogens is 316 g/mol. The summed E-state index contributed by atoms with van der Waals surface area (Å²) in [5.41, 5.74) is 4.72. The molecule has 3 rings (SSSR count). The predicted octanol–water partition coefficient (Wildman–Crippen LogP) is 3.98. The molecule has 5 nitrogen and oxygen atoms in total. The van der Waals surface area contributed by atoms with E-state index in [1.807, 2.05) is 44.2 Å². The first-order valence-electron chi connectivity index (χ1n) is 8.12. The van der Waals surface area contributed by atoms with E-state index in [1.54, 1.807) is 20.3 Å². The number of aryl methyl sites for hydroxylation is 2. The van der Waals surface area contributed by atoms with Crippen molar-refractivity contribution in [3.63, 3.8) is 0 Å². The molecule has 0 saturated heterocycles. The highest BCUT2D eigenvalue weighted by Crippen LogP contribution is 2.33. The molecule has 0 saturated carbocycles. The molecule has 3 aromatic rings. The van der Waals surface area contributed by atoms with Gasteiger partial charge in [0.05, 0.1) is 20.6 Å². The summed E-state index contributed by atoms with van der Waals surface area (Å²) < 4.78 is 10.6. The second-order valence-corrected chi connectivity index (χ2v) is 6.02. The Hall–Kier alpha value is -2.95. The zero-order chi connectivity index (χ0) is 18.0. The molecule has 1 amide bonds. The van der Waals surface area contributed by atoms with Crippen LogP contribution in [0.1, 0.15) is 16.8 Å². The van der Waals surface area contributed by atoms with Gasteiger partial charge in [0.25, 0.3) is 0 Å². The van der Waals surface area contributed by atoms with Gasteiger partial charge in [0.15, 0.2) is 11.5 Å². The monoisotopic (exact) mass is 338 g/mol. The van der Waals surface area contributed by atoms with E-state index < -0.39 is 0 Å². The van der Waals surface area contributed by atoms with Crippen LogP contribution in [-0.4, -0.2) is 25.1 Å². The third-order valence-electron chi connectivity index (χ3n) is 4.37. The zero-order valence-corrected chi connectivity index (χ0v) is 14.9. The Kier molecular flexibility index (Phi) is 4.65. The Morgan fingerprint density at radius 1 is 1.08 bits per heavy atom. The third-order valence-corrected chi connectivity index (χ3v) is 4.37. The fourth-order valence-electron chi connectivity index (χ4n) is 3.03. The Bertz CT molecular complexity index is 928. The summed E-state index contributed by atoms with van der Waals surface area (Å²) in [4.78, 5) is 15.9. The molecule has 5 heteroatoms. The van der Waals surface area contributed by atoms with Gasteiger partial charge in [-0.1, -0.05) is 18.2 Å². The third kappa shape index (κ3) is 3.31. The molecular formula is C20H22N2O3. The largest absolute Gasteiger partial charge is 0.493 e. The van der Waals surface area contributed by atoms with Gasteiger partial charge in [-0.25, -0.2) is 0 Å². The summed E-state index contributed by atoms with van der Waals surface area (Å²) in [5.74, 6) is 1.17. The van der Waals surface area contributed by atoms with Crippen molar-refractivity contribution in [2.75, 3.05) is 19.5 Å². The molecule has 0 bridgehead atoms. The Labute approximate surface area is 147 Å². The summed E-state index contributed by atoms with van der Waals surface area (Å²) in [6.45, 7) is 3.92. The van der Waals surface area contributed by atoms with E-state index >= 15 is 0 Å². The molecule has 0 radical (unpaired) electrons. The highest BCUT2D eigenvalue weighted by atomic mass is 16.5. The van der Waals surface area contributed by atoms with Crippen LogP contribution in [0.2, 0.25) is 0 Å². The molecule has 0 unspecified atom stereocenters. The molecule has 0 spiro atoms. The van der Waals surface area contributed by atoms with Crippen LogP contribution in [0.3, 0.4) is 0 Å². The summed E-state index contributed by atoms with van der Waals surface area (Å²) in [5, 5.41) is 4.06. The quantitative estimate of drug-likeness (QED) is 0.739. The van der Waals surface area contributed by atoms with Gasteiger partial charge in [-0.05, 0) is 37.1 Å². The maximum atomic E-state index is 12.6. The first kappa shape index (κ1) is 16.9. The SMILES string of the molecule is COc1cc(C)c(NC(=O)Cc2c(C)[nH]c3ccccc23)cc1OC. The smallest absolute Gasteiger partial charge is 0.228 e. The van der Waals surface area contributed by atoms with E-state index in [0.717, 1.165) is 33.4 Å². The Balaban J connectivity index is 1.84. The van der Waals surface area contributed by atoms with Crippen molar-refractivity contribution in [3.8, 4) is 11.5 Å². The van der Waals surface area contributed by atoms with Crippen molar-refractivity contribution in [2.24, 2.45) is 0 Å². The number of hydrogen-bond acceptors (Lipinski definition) is 3. The maximum absolute atomic E-state index is 12.6. The summed E-state index contributed by atoms with van der Waals surface area (Å²) in [6, 6.07) is 11.6. The number of para-hydroxylation sites is 1. The molecule has 2 aromatic carbocycles. The van der Waals surface area contributed by atoms with Crippen LogP contribution in [0.4, 0.5) is 5.69 Å². The fourth-order valence-corrected chi connectivity index (χ4v) is 3.03. The lowest BCUT2D eigenvalue weighted by atomic mass is 10.1. The van der Waals surface area contributed by atoms with Crippen molar-refractivity contribution >= 4 is 22.5 Å². The van der Waals surface area contributed by atoms with Crippen LogP contribution < -0.4 is 14.8 Å². The number of benzene rings is 2. The first-order chi connectivity index (χ1) is 12.0. The second-order valence-electron chi connectivity index (χ2n) is 6.02. The van der Waals surface area contributed by atoms with E-state index in [2.05, 4.69) is 10.3 Å². The zero-order valence-electron chi connectivity index (χ0n) is 14.9. The number of carbonyl (C=O) groups excluding carboxylic acids is 1. The molecule has 1 heterocycles. The summed E-state index contributed by atoms with van der Waals surface area (Å²) in [6.07, 6.45) is 0.309. The molecule has 1 aromatic heterocycles. The van der Waals surface area contributed by atoms with Crippen LogP contribution >= 0.6 is 0 Å². The maximum Gasteiger partial charge on any atom is 0.228 e. The van der Waals surface area contributed by atoms with Gasteiger partial charge in [0.1, 0.15) is 0 Å². The Morgan fingerprint density at radius 2 is 1.76 bits per heavy atom. The van der Waals surface area contributed by atoms with Crippen LogP contribution in [0, 0.1) is 13.8 Å². The van der Waals surface area contributed by atoms with Gasteiger partial charge in [-0.3, -0.25) is 4.79 Å². The van der Waals surface area contributed by atoms with E-state index in [4.69, 9.17) is 9.47 Å². The fraction of sp³-hybridized carbons (Fsp3) is 0.250. The number of methoxy groups -OCH3 is 2. The minimum Gasteiger partial charge on any atom is -0.493 e. The van der Waals surface area contributed by atoms with Crippen LogP contribution in [0.15, 0.2) is 36.4 Å². The number of carbonyl (C=O) groups is 1. The average molecular weight is 338 g/mol. The van der Waals surface area contributed by atoms with Crippen molar-refractivity contribution in [2.45, 2.75) is 20.3 Å². The van der Waals surface area contributed by atoms with Crippen LogP contribution in [0.25, 0.3) is 10.9 Å². The number of ether oxygens (including phenoxy) is 2. The number of aromatic amines is 1. The number of aromatic nitrogens is 1. The number of H-pyrrole nitrogens is 1. The lowest BCUT2D eigenvalue weighted by Gasteiger charge is -2.13. The Morgan fingerprint density at radius 3 is 2.48 bits per heavy atom. The molecule has 0 aliphatic heterocycles. The number of amides is 1. The molecule has 0 aliphatic rings. The predicted molar refractivity (Wildman–Crippen MR) is 99.7 cm³/mol. The van der Waals surface area contributed by atoms with E-state index in [9.17, 15) is 4.79 Å². The topological polar surface area (TPSA) is 63.3 Å². The number of fused-ring (bicyclic) bond motifs is 1. The minimum atomic E-state index is -0.0665. The first-order valence-corrected chi connectivity index (χ1v) is 8.12. The van der Waals surface area contributed by atoms with Crippen molar-refractivity contribution in [1.29, 1.82) is 0 Å². The lowest BCUT2D eigenvalue weighted by molar-refractivity contribution is -0.115. The minimum absolute atomic E-state index is 0.0665. The highest BCUT2D eigenvalue weighted by molar-refractivity contribution is 5.97. The molecule has 0 fully saturated rings. The van der Waals surface area contributed by atoms with Gasteiger partial charge in [-0.15, -0.1) is 0 Å². The van der Waals surface area contributed by atoms with Gasteiger partial charge in [0.2, 0.25) is 5.91 Å². The molecule has 130 valence electrons. The van der Waals surface area contributed by atoms with E-state index in [1.165, 1.54) is 0 Å². The summed E-state index contributed by atoms with van der Waals surface area (Å²) in [7, 11) is 3.17. The van der Waals surface area contributed by atoms with Crippen molar-refractivity contribution < 1.29 is 14.3 Å². The number of anilines is 1. The van der Waals surface area contributed by atoms with Gasteiger partial charge >= 0.3 is 0 Å². The number of hydrogen-bond donors (Lipinski definition) is 2. The van der Waals surface area contributed by atoms with Gasteiger partial charge in [-0.2, -0.15) is 0 Å². The number of nitrogens with one attached hydrogen (secondary N) is 2. The van der Waals surface area contributed by atoms with Crippen molar-refractivity contribution in [1.82, 2.24) is 4.98 Å². The van der Waals surface area contributed by atoms with Crippen LogP contribution in [-0.2, 0) is 11.2 Å². The lowest BCUT2D eigenvalue weighted by Crippen LogP contribution is -2.15. The standard InChI is InChI=1S/C20H22N2O3/c1-12-9-18(24-3)19(25-4)11-17(12)22-20(23)10-15-13(2)21-16-8-6-5-7-14(15)16/h5-9,11,21H,10H2,1-4H3,(H,22,23). The molecule has 0 atom stereocenters. The molecule has 25 heavy (non-hydrogen) atoms.